The van der Waals surface area contributed by atoms with Crippen LogP contribution in [-0.4, -0.2) is 30.0 Å². The highest BCUT2D eigenvalue weighted by atomic mass is 127. The first-order valence-electron chi connectivity index (χ1n) is 8.98. The molecule has 6 heteroatoms. The van der Waals surface area contributed by atoms with Crippen LogP contribution < -0.4 is 16.0 Å². The van der Waals surface area contributed by atoms with E-state index in [0.29, 0.717) is 18.2 Å². The molecule has 26 heavy (non-hydrogen) atoms. The van der Waals surface area contributed by atoms with E-state index in [0.717, 1.165) is 30.9 Å². The number of nitrogens with zero attached hydrogens (tertiary/aromatic N) is 1. The fourth-order valence-corrected chi connectivity index (χ4v) is 2.64. The number of halogens is 1. The van der Waals surface area contributed by atoms with Crippen LogP contribution in [0.1, 0.15) is 56.5 Å². The van der Waals surface area contributed by atoms with Gasteiger partial charge >= 0.3 is 0 Å². The van der Waals surface area contributed by atoms with E-state index in [1.165, 1.54) is 0 Å². The highest BCUT2D eigenvalue weighted by Gasteiger charge is 2.15. The Morgan fingerprint density at radius 2 is 1.92 bits per heavy atom. The molecule has 0 atom stereocenters. The molecule has 5 nitrogen and oxygen atoms in total. The van der Waals surface area contributed by atoms with Gasteiger partial charge in [-0.3, -0.25) is 4.79 Å². The van der Waals surface area contributed by atoms with Crippen LogP contribution in [0.15, 0.2) is 41.4 Å². The molecule has 0 saturated carbocycles. The van der Waals surface area contributed by atoms with Crippen LogP contribution in [0.25, 0.3) is 0 Å². The molecule has 1 aliphatic rings. The second-order valence-corrected chi connectivity index (χ2v) is 7.38. The first kappa shape index (κ1) is 22.5. The lowest BCUT2D eigenvalue weighted by atomic mass is 10.1. The number of rotatable bonds is 5. The third kappa shape index (κ3) is 7.76. The van der Waals surface area contributed by atoms with Crippen molar-refractivity contribution < 1.29 is 4.79 Å². The molecule has 0 spiro atoms. The molecule has 0 aliphatic heterocycles. The van der Waals surface area contributed by atoms with Crippen LogP contribution in [0.4, 0.5) is 0 Å². The van der Waals surface area contributed by atoms with Crippen molar-refractivity contribution in [3.05, 3.63) is 47.5 Å². The highest BCUT2D eigenvalue weighted by Crippen LogP contribution is 2.11. The average molecular weight is 470 g/mol. The van der Waals surface area contributed by atoms with E-state index in [2.05, 4.69) is 40.0 Å². The predicted octanol–water partition coefficient (Wildman–Crippen LogP) is 3.61. The topological polar surface area (TPSA) is 65.5 Å². The SMILES string of the molecule is CCNC(=NCc1cccc(C(=O)NC(C)(C)C)c1)NC1CC=CC1.I. The van der Waals surface area contributed by atoms with E-state index < -0.39 is 0 Å². The Kier molecular flexibility index (Phi) is 9.12. The van der Waals surface area contributed by atoms with E-state index in [1.807, 2.05) is 45.0 Å². The molecule has 1 amide bonds. The summed E-state index contributed by atoms with van der Waals surface area (Å²) in [6.07, 6.45) is 6.46. The maximum atomic E-state index is 12.3. The summed E-state index contributed by atoms with van der Waals surface area (Å²) in [5.41, 5.74) is 1.44. The van der Waals surface area contributed by atoms with Crippen molar-refractivity contribution >= 4 is 35.8 Å². The van der Waals surface area contributed by atoms with Crippen molar-refractivity contribution in [3.8, 4) is 0 Å². The van der Waals surface area contributed by atoms with Gasteiger partial charge in [0.2, 0.25) is 0 Å². The van der Waals surface area contributed by atoms with Crippen LogP contribution in [0.5, 0.6) is 0 Å². The number of hydrogen-bond donors (Lipinski definition) is 3. The van der Waals surface area contributed by atoms with Gasteiger partial charge in [0.05, 0.1) is 6.54 Å². The first-order chi connectivity index (χ1) is 11.9. The molecular formula is C20H31IN4O. The number of benzene rings is 1. The molecule has 144 valence electrons. The number of carbonyl (C=O) groups is 1. The van der Waals surface area contributed by atoms with Crippen LogP contribution in [0.3, 0.4) is 0 Å². The number of guanidine groups is 1. The number of carbonyl (C=O) groups excluding carboxylic acids is 1. The van der Waals surface area contributed by atoms with Crippen molar-refractivity contribution in [2.24, 2.45) is 4.99 Å². The first-order valence-corrected chi connectivity index (χ1v) is 8.98. The quantitative estimate of drug-likeness (QED) is 0.267. The molecule has 0 bridgehead atoms. The summed E-state index contributed by atoms with van der Waals surface area (Å²) in [6, 6.07) is 8.07. The molecule has 0 radical (unpaired) electrons. The smallest absolute Gasteiger partial charge is 0.251 e. The Labute approximate surface area is 174 Å². The summed E-state index contributed by atoms with van der Waals surface area (Å²) >= 11 is 0. The Morgan fingerprint density at radius 1 is 1.23 bits per heavy atom. The Morgan fingerprint density at radius 3 is 2.54 bits per heavy atom. The van der Waals surface area contributed by atoms with Gasteiger partial charge in [0, 0.05) is 23.7 Å². The van der Waals surface area contributed by atoms with Gasteiger partial charge in [-0.05, 0) is 58.2 Å². The van der Waals surface area contributed by atoms with Gasteiger partial charge in [-0.1, -0.05) is 24.3 Å². The van der Waals surface area contributed by atoms with Crippen molar-refractivity contribution in [1.82, 2.24) is 16.0 Å². The number of nitrogens with one attached hydrogen (secondary N) is 3. The highest BCUT2D eigenvalue weighted by molar-refractivity contribution is 14.0. The van der Waals surface area contributed by atoms with Crippen molar-refractivity contribution in [3.63, 3.8) is 0 Å². The minimum atomic E-state index is -0.247. The third-order valence-electron chi connectivity index (χ3n) is 3.79. The molecule has 3 N–H and O–H groups in total. The monoisotopic (exact) mass is 470 g/mol. The lowest BCUT2D eigenvalue weighted by Gasteiger charge is -2.20. The summed E-state index contributed by atoms with van der Waals surface area (Å²) in [4.78, 5) is 17.0. The van der Waals surface area contributed by atoms with E-state index in [1.54, 1.807) is 0 Å². The van der Waals surface area contributed by atoms with E-state index in [4.69, 9.17) is 0 Å². The van der Waals surface area contributed by atoms with Gasteiger partial charge in [-0.2, -0.15) is 0 Å². The number of aliphatic imine (C=N–C) groups is 1. The standard InChI is InChI=1S/C20H30N4O.HI/c1-5-21-19(23-17-11-6-7-12-17)22-14-15-9-8-10-16(13-15)18(25)24-20(2,3)4;/h6-10,13,17H,5,11-12,14H2,1-4H3,(H,24,25)(H2,21,22,23);1H. The average Bonchev–Trinajstić information content (AvgIpc) is 3.04. The number of hydrogen-bond acceptors (Lipinski definition) is 2. The molecule has 0 saturated heterocycles. The Balaban J connectivity index is 0.00000338. The maximum Gasteiger partial charge on any atom is 0.251 e. The normalized spacial score (nSPS) is 14.7. The fourth-order valence-electron chi connectivity index (χ4n) is 2.64. The van der Waals surface area contributed by atoms with Gasteiger partial charge in [0.25, 0.3) is 5.91 Å². The Hall–Kier alpha value is -1.57. The van der Waals surface area contributed by atoms with Gasteiger partial charge in [0.1, 0.15) is 0 Å². The second-order valence-electron chi connectivity index (χ2n) is 7.38. The summed E-state index contributed by atoms with van der Waals surface area (Å²) in [6.45, 7) is 9.34. The van der Waals surface area contributed by atoms with Crippen LogP contribution in [-0.2, 0) is 6.54 Å². The minimum Gasteiger partial charge on any atom is -0.357 e. The molecule has 0 aromatic heterocycles. The summed E-state index contributed by atoms with van der Waals surface area (Å²) in [7, 11) is 0. The molecule has 1 aromatic rings. The zero-order valence-corrected chi connectivity index (χ0v) is 18.5. The van der Waals surface area contributed by atoms with Gasteiger partial charge in [0.15, 0.2) is 5.96 Å². The molecule has 1 aromatic carbocycles. The largest absolute Gasteiger partial charge is 0.357 e. The second kappa shape index (κ2) is 10.5. The molecule has 0 fully saturated rings. The van der Waals surface area contributed by atoms with Gasteiger partial charge < -0.3 is 16.0 Å². The van der Waals surface area contributed by atoms with E-state index in [-0.39, 0.29) is 35.4 Å². The molecule has 0 heterocycles. The summed E-state index contributed by atoms with van der Waals surface area (Å²) in [5.74, 6) is 0.765. The fraction of sp³-hybridized carbons (Fsp3) is 0.500. The molecular weight excluding hydrogens is 439 g/mol. The number of amides is 1. The molecule has 2 rings (SSSR count). The zero-order valence-electron chi connectivity index (χ0n) is 16.1. The van der Waals surface area contributed by atoms with Crippen LogP contribution in [0.2, 0.25) is 0 Å². The van der Waals surface area contributed by atoms with Crippen LogP contribution in [0, 0.1) is 0 Å². The zero-order chi connectivity index (χ0) is 18.3. The third-order valence-corrected chi connectivity index (χ3v) is 3.79. The van der Waals surface area contributed by atoms with E-state index in [9.17, 15) is 4.79 Å². The van der Waals surface area contributed by atoms with Gasteiger partial charge in [-0.25, -0.2) is 4.99 Å². The predicted molar refractivity (Wildman–Crippen MR) is 119 cm³/mol. The summed E-state index contributed by atoms with van der Waals surface area (Å²) < 4.78 is 0. The maximum absolute atomic E-state index is 12.3. The van der Waals surface area contributed by atoms with Crippen LogP contribution >= 0.6 is 24.0 Å². The van der Waals surface area contributed by atoms with Gasteiger partial charge in [-0.15, -0.1) is 24.0 Å². The molecule has 1 aliphatic carbocycles. The lowest BCUT2D eigenvalue weighted by molar-refractivity contribution is 0.0919. The van der Waals surface area contributed by atoms with E-state index >= 15 is 0 Å². The summed E-state index contributed by atoms with van der Waals surface area (Å²) in [5, 5.41) is 9.72. The molecule has 0 unspecified atom stereocenters. The van der Waals surface area contributed by atoms with Crippen molar-refractivity contribution in [2.45, 2.75) is 58.7 Å². The van der Waals surface area contributed by atoms with Crippen molar-refractivity contribution in [1.29, 1.82) is 0 Å². The Bertz CT molecular complexity index is 641. The van der Waals surface area contributed by atoms with Crippen molar-refractivity contribution in [2.75, 3.05) is 6.54 Å². The lowest BCUT2D eigenvalue weighted by Crippen LogP contribution is -2.42. The minimum absolute atomic E-state index is 0.